The minimum atomic E-state index is -3.99. The van der Waals surface area contributed by atoms with E-state index < -0.39 is 15.9 Å². The Kier molecular flexibility index (Phi) is 8.54. The molecule has 1 amide bonds. The topological polar surface area (TPSA) is 84.9 Å². The van der Waals surface area contributed by atoms with E-state index in [1.54, 1.807) is 36.4 Å². The second kappa shape index (κ2) is 11.6. The molecule has 0 aliphatic carbocycles. The maximum Gasteiger partial charge on any atom is 0.264 e. The first-order valence-electron chi connectivity index (χ1n) is 11.1. The third kappa shape index (κ3) is 6.51. The third-order valence-corrected chi connectivity index (χ3v) is 7.05. The SMILES string of the molecule is CCc1ccc(OCCNC(=O)CN(c2cccc(OC)c2)S(=O)(=O)c2ccc(C)cc2)cc1. The quantitative estimate of drug-likeness (QED) is 0.418. The van der Waals surface area contributed by atoms with E-state index in [2.05, 4.69) is 12.2 Å². The molecule has 34 heavy (non-hydrogen) atoms. The second-order valence-corrected chi connectivity index (χ2v) is 9.58. The maximum atomic E-state index is 13.4. The molecule has 1 N–H and O–H groups in total. The third-order valence-electron chi connectivity index (χ3n) is 5.26. The minimum absolute atomic E-state index is 0.104. The molecule has 0 saturated heterocycles. The van der Waals surface area contributed by atoms with Crippen LogP contribution in [0.15, 0.2) is 77.7 Å². The van der Waals surface area contributed by atoms with Crippen LogP contribution in [0, 0.1) is 6.92 Å². The Balaban J connectivity index is 1.70. The van der Waals surface area contributed by atoms with Crippen molar-refractivity contribution in [3.05, 3.63) is 83.9 Å². The minimum Gasteiger partial charge on any atom is -0.497 e. The molecule has 0 aliphatic rings. The van der Waals surface area contributed by atoms with Gasteiger partial charge in [-0.15, -0.1) is 0 Å². The smallest absolute Gasteiger partial charge is 0.264 e. The zero-order chi connectivity index (χ0) is 24.6. The average molecular weight is 483 g/mol. The summed E-state index contributed by atoms with van der Waals surface area (Å²) in [6.07, 6.45) is 0.950. The fourth-order valence-electron chi connectivity index (χ4n) is 3.29. The van der Waals surface area contributed by atoms with Crippen molar-refractivity contribution in [2.24, 2.45) is 0 Å². The van der Waals surface area contributed by atoms with Gasteiger partial charge in [-0.1, -0.05) is 42.8 Å². The molecule has 3 aromatic rings. The van der Waals surface area contributed by atoms with Gasteiger partial charge in [0.05, 0.1) is 24.2 Å². The van der Waals surface area contributed by atoms with E-state index >= 15 is 0 Å². The second-order valence-electron chi connectivity index (χ2n) is 7.72. The Labute approximate surface area is 201 Å². The Bertz CT molecular complexity index is 1190. The average Bonchev–Trinajstić information content (AvgIpc) is 2.85. The van der Waals surface area contributed by atoms with E-state index in [9.17, 15) is 13.2 Å². The maximum absolute atomic E-state index is 13.4. The summed E-state index contributed by atoms with van der Waals surface area (Å²) in [5.74, 6) is 0.763. The van der Waals surface area contributed by atoms with Gasteiger partial charge in [-0.3, -0.25) is 9.10 Å². The normalized spacial score (nSPS) is 11.0. The number of nitrogens with one attached hydrogen (secondary N) is 1. The van der Waals surface area contributed by atoms with Crippen LogP contribution in [0.4, 0.5) is 5.69 Å². The van der Waals surface area contributed by atoms with Crippen molar-refractivity contribution in [1.29, 1.82) is 0 Å². The van der Waals surface area contributed by atoms with Crippen LogP contribution >= 0.6 is 0 Å². The van der Waals surface area contributed by atoms with Crippen LogP contribution in [0.25, 0.3) is 0 Å². The first kappa shape index (κ1) is 25.1. The highest BCUT2D eigenvalue weighted by molar-refractivity contribution is 7.92. The van der Waals surface area contributed by atoms with Crippen molar-refractivity contribution in [1.82, 2.24) is 5.32 Å². The monoisotopic (exact) mass is 482 g/mol. The first-order chi connectivity index (χ1) is 16.3. The number of benzene rings is 3. The van der Waals surface area contributed by atoms with Crippen molar-refractivity contribution in [3.8, 4) is 11.5 Å². The van der Waals surface area contributed by atoms with Gasteiger partial charge in [-0.2, -0.15) is 0 Å². The predicted octanol–water partition coefficient (Wildman–Crippen LogP) is 3.96. The summed E-state index contributed by atoms with van der Waals surface area (Å²) in [6, 6.07) is 20.9. The van der Waals surface area contributed by atoms with Crippen LogP contribution in [-0.4, -0.2) is 41.1 Å². The number of ether oxygens (including phenoxy) is 2. The molecule has 3 rings (SSSR count). The largest absolute Gasteiger partial charge is 0.497 e. The van der Waals surface area contributed by atoms with Crippen LogP contribution in [0.3, 0.4) is 0 Å². The fourth-order valence-corrected chi connectivity index (χ4v) is 4.70. The number of amides is 1. The number of rotatable bonds is 11. The Morgan fingerprint density at radius 2 is 1.68 bits per heavy atom. The number of anilines is 1. The Morgan fingerprint density at radius 3 is 2.32 bits per heavy atom. The van der Waals surface area contributed by atoms with Gasteiger partial charge in [-0.05, 0) is 55.3 Å². The van der Waals surface area contributed by atoms with E-state index in [0.717, 1.165) is 16.3 Å². The Hall–Kier alpha value is -3.52. The van der Waals surface area contributed by atoms with Gasteiger partial charge in [0.25, 0.3) is 10.0 Å². The van der Waals surface area contributed by atoms with E-state index in [0.29, 0.717) is 17.2 Å². The zero-order valence-corrected chi connectivity index (χ0v) is 20.5. The number of sulfonamides is 1. The van der Waals surface area contributed by atoms with Crippen LogP contribution in [0.1, 0.15) is 18.1 Å². The molecule has 0 heterocycles. The van der Waals surface area contributed by atoms with Crippen LogP contribution < -0.4 is 19.1 Å². The number of carbonyl (C=O) groups excluding carboxylic acids is 1. The van der Waals surface area contributed by atoms with Gasteiger partial charge in [-0.25, -0.2) is 8.42 Å². The summed E-state index contributed by atoms with van der Waals surface area (Å²) in [6.45, 7) is 4.09. The molecule has 8 heteroatoms. The number of aryl methyl sites for hydroxylation is 2. The lowest BCUT2D eigenvalue weighted by Crippen LogP contribution is -2.41. The highest BCUT2D eigenvalue weighted by atomic mass is 32.2. The first-order valence-corrected chi connectivity index (χ1v) is 12.5. The molecule has 0 fully saturated rings. The van der Waals surface area contributed by atoms with Crippen LogP contribution in [0.2, 0.25) is 0 Å². The lowest BCUT2D eigenvalue weighted by atomic mass is 10.2. The molecule has 0 bridgehead atoms. The summed E-state index contributed by atoms with van der Waals surface area (Å²) < 4.78 is 38.8. The summed E-state index contributed by atoms with van der Waals surface area (Å²) >= 11 is 0. The summed E-state index contributed by atoms with van der Waals surface area (Å²) in [4.78, 5) is 12.8. The van der Waals surface area contributed by atoms with E-state index in [-0.39, 0.29) is 24.6 Å². The van der Waals surface area contributed by atoms with Crippen molar-refractivity contribution >= 4 is 21.6 Å². The van der Waals surface area contributed by atoms with Gasteiger partial charge in [0.15, 0.2) is 0 Å². The highest BCUT2D eigenvalue weighted by Gasteiger charge is 2.27. The van der Waals surface area contributed by atoms with Crippen LogP contribution in [-0.2, 0) is 21.2 Å². The van der Waals surface area contributed by atoms with E-state index in [1.807, 2.05) is 31.2 Å². The molecule has 3 aromatic carbocycles. The summed E-state index contributed by atoms with van der Waals surface area (Å²) in [5, 5.41) is 2.74. The highest BCUT2D eigenvalue weighted by Crippen LogP contribution is 2.27. The lowest BCUT2D eigenvalue weighted by molar-refractivity contribution is -0.119. The van der Waals surface area contributed by atoms with E-state index in [1.165, 1.54) is 24.8 Å². The molecule has 0 unspecified atom stereocenters. The van der Waals surface area contributed by atoms with Crippen molar-refractivity contribution in [3.63, 3.8) is 0 Å². The van der Waals surface area contributed by atoms with Gasteiger partial charge < -0.3 is 14.8 Å². The standard InChI is InChI=1S/C26H30N2O5S/c1-4-21-10-12-23(13-11-21)33-17-16-27-26(29)19-28(22-6-5-7-24(18-22)32-3)34(30,31)25-14-8-20(2)9-15-25/h5-15,18H,4,16-17,19H2,1-3H3,(H,27,29). The molecular weight excluding hydrogens is 452 g/mol. The van der Waals surface area contributed by atoms with Crippen molar-refractivity contribution < 1.29 is 22.7 Å². The number of carbonyl (C=O) groups is 1. The van der Waals surface area contributed by atoms with Crippen LogP contribution in [0.5, 0.6) is 11.5 Å². The fraction of sp³-hybridized carbons (Fsp3) is 0.269. The lowest BCUT2D eigenvalue weighted by Gasteiger charge is -2.24. The predicted molar refractivity (Wildman–Crippen MR) is 133 cm³/mol. The molecule has 0 atom stereocenters. The summed E-state index contributed by atoms with van der Waals surface area (Å²) in [5.41, 5.74) is 2.49. The van der Waals surface area contributed by atoms with E-state index in [4.69, 9.17) is 9.47 Å². The number of nitrogens with zero attached hydrogens (tertiary/aromatic N) is 1. The summed E-state index contributed by atoms with van der Waals surface area (Å²) in [7, 11) is -2.49. The van der Waals surface area contributed by atoms with Gasteiger partial charge in [0.2, 0.25) is 5.91 Å². The van der Waals surface area contributed by atoms with Gasteiger partial charge in [0.1, 0.15) is 24.7 Å². The molecule has 0 saturated carbocycles. The number of methoxy groups -OCH3 is 1. The van der Waals surface area contributed by atoms with Gasteiger partial charge >= 0.3 is 0 Å². The van der Waals surface area contributed by atoms with Crippen molar-refractivity contribution in [2.45, 2.75) is 25.2 Å². The molecular formula is C26H30N2O5S. The molecule has 0 spiro atoms. The van der Waals surface area contributed by atoms with Crippen molar-refractivity contribution in [2.75, 3.05) is 31.1 Å². The zero-order valence-electron chi connectivity index (χ0n) is 19.7. The molecule has 0 aliphatic heterocycles. The van der Waals surface area contributed by atoms with Gasteiger partial charge in [0, 0.05) is 6.07 Å². The Morgan fingerprint density at radius 1 is 0.971 bits per heavy atom. The number of hydrogen-bond donors (Lipinski definition) is 1. The molecule has 7 nitrogen and oxygen atoms in total. The molecule has 0 aromatic heterocycles. The number of hydrogen-bond acceptors (Lipinski definition) is 5. The molecule has 0 radical (unpaired) electrons. The molecule has 180 valence electrons.